The molecule has 3 aromatic rings. The van der Waals surface area contributed by atoms with Crippen LogP contribution in [0, 0.1) is 17.2 Å². The number of rotatable bonds is 8. The third-order valence-corrected chi connectivity index (χ3v) is 8.36. The van der Waals surface area contributed by atoms with Crippen LogP contribution in [0.3, 0.4) is 0 Å². The van der Waals surface area contributed by atoms with Crippen molar-refractivity contribution in [2.24, 2.45) is 11.3 Å². The quantitative estimate of drug-likeness (QED) is 0.326. The highest BCUT2D eigenvalue weighted by molar-refractivity contribution is 5.78. The Kier molecular flexibility index (Phi) is 7.19. The van der Waals surface area contributed by atoms with E-state index in [9.17, 15) is 9.90 Å². The van der Waals surface area contributed by atoms with Gasteiger partial charge in [0.15, 0.2) is 11.6 Å². The number of hydrogen-bond donors (Lipinski definition) is 1. The third kappa shape index (κ3) is 5.03. The van der Waals surface area contributed by atoms with Crippen molar-refractivity contribution >= 4 is 5.97 Å². The molecule has 5 rings (SSSR count). The highest BCUT2D eigenvalue weighted by atomic mass is 19.1. The van der Waals surface area contributed by atoms with Crippen molar-refractivity contribution in [3.05, 3.63) is 82.7 Å². The number of aryl methyl sites for hydroxylation is 1. The molecule has 0 aliphatic heterocycles. The fourth-order valence-corrected chi connectivity index (χ4v) is 6.41. The van der Waals surface area contributed by atoms with Gasteiger partial charge in [-0.25, -0.2) is 4.39 Å². The molecular formula is C33H37FO5. The summed E-state index contributed by atoms with van der Waals surface area (Å²) in [6, 6.07) is 17.2. The van der Waals surface area contributed by atoms with Crippen LogP contribution in [0.1, 0.15) is 68.4 Å². The summed E-state index contributed by atoms with van der Waals surface area (Å²) < 4.78 is 32.8. The summed E-state index contributed by atoms with van der Waals surface area (Å²) in [4.78, 5) is 11.7. The molecule has 2 aliphatic rings. The molecule has 0 saturated heterocycles. The molecule has 3 atom stereocenters. The minimum atomic E-state index is -0.708. The summed E-state index contributed by atoms with van der Waals surface area (Å²) in [5.41, 5.74) is 4.91. The smallest absolute Gasteiger partial charge is 0.307 e. The highest BCUT2D eigenvalue weighted by Gasteiger charge is 2.60. The zero-order valence-electron chi connectivity index (χ0n) is 23.3. The first-order chi connectivity index (χ1) is 18.6. The summed E-state index contributed by atoms with van der Waals surface area (Å²) in [5.74, 6) is -0.490. The van der Waals surface area contributed by atoms with Gasteiger partial charge in [-0.1, -0.05) is 51.1 Å². The lowest BCUT2D eigenvalue weighted by Gasteiger charge is -2.32. The van der Waals surface area contributed by atoms with Crippen molar-refractivity contribution in [1.29, 1.82) is 0 Å². The van der Waals surface area contributed by atoms with Gasteiger partial charge in [0, 0.05) is 18.1 Å². The molecule has 0 radical (unpaired) electrons. The van der Waals surface area contributed by atoms with Crippen molar-refractivity contribution in [3.8, 4) is 22.6 Å². The van der Waals surface area contributed by atoms with Gasteiger partial charge in [-0.2, -0.15) is 0 Å². The Morgan fingerprint density at radius 3 is 2.56 bits per heavy atom. The van der Waals surface area contributed by atoms with Gasteiger partial charge in [0.05, 0.1) is 19.1 Å². The Balaban J connectivity index is 1.46. The Hall–Kier alpha value is -3.38. The molecule has 0 aromatic heterocycles. The average Bonchev–Trinajstić information content (AvgIpc) is 3.63. The maximum atomic E-state index is 15.3. The second-order valence-corrected chi connectivity index (χ2v) is 11.9. The topological polar surface area (TPSA) is 65.0 Å². The Morgan fingerprint density at radius 2 is 1.90 bits per heavy atom. The van der Waals surface area contributed by atoms with E-state index in [1.54, 1.807) is 25.3 Å². The van der Waals surface area contributed by atoms with Crippen LogP contribution < -0.4 is 9.47 Å². The minimum Gasteiger partial charge on any atom is -0.494 e. The van der Waals surface area contributed by atoms with Crippen molar-refractivity contribution in [1.82, 2.24) is 0 Å². The summed E-state index contributed by atoms with van der Waals surface area (Å²) in [5, 5.41) is 9.65. The van der Waals surface area contributed by atoms with E-state index in [1.807, 2.05) is 30.3 Å². The number of benzene rings is 3. The lowest BCUT2D eigenvalue weighted by atomic mass is 9.78. The van der Waals surface area contributed by atoms with Gasteiger partial charge in [-0.3, -0.25) is 4.79 Å². The van der Waals surface area contributed by atoms with Crippen LogP contribution in [0.15, 0.2) is 54.6 Å². The van der Waals surface area contributed by atoms with Gasteiger partial charge >= 0.3 is 5.97 Å². The van der Waals surface area contributed by atoms with Crippen LogP contribution in [0.5, 0.6) is 11.5 Å². The normalized spacial score (nSPS) is 20.8. The van der Waals surface area contributed by atoms with E-state index >= 15 is 4.39 Å². The molecule has 0 amide bonds. The van der Waals surface area contributed by atoms with Crippen LogP contribution in [0.2, 0.25) is 0 Å². The van der Waals surface area contributed by atoms with Crippen molar-refractivity contribution in [2.75, 3.05) is 14.2 Å². The second kappa shape index (κ2) is 10.3. The van der Waals surface area contributed by atoms with E-state index in [0.29, 0.717) is 18.6 Å². The minimum absolute atomic E-state index is 0.196. The number of methoxy groups -OCH3 is 2. The van der Waals surface area contributed by atoms with Gasteiger partial charge < -0.3 is 19.3 Å². The van der Waals surface area contributed by atoms with E-state index in [1.165, 1.54) is 12.7 Å². The molecule has 6 heteroatoms. The SMILES string of the molecule is COc1cccc(-c2ccc(COc3ccc4c(c3)C3(CCC4)CC3C(=O)O)cc2C(OC)C(C)(C)C)c1F. The number of fused-ring (bicyclic) bond motifs is 2. The van der Waals surface area contributed by atoms with Crippen LogP contribution in [0.25, 0.3) is 11.1 Å². The van der Waals surface area contributed by atoms with Gasteiger partial charge in [-0.15, -0.1) is 0 Å². The van der Waals surface area contributed by atoms with Crippen molar-refractivity contribution in [3.63, 3.8) is 0 Å². The predicted octanol–water partition coefficient (Wildman–Crippen LogP) is 7.49. The van der Waals surface area contributed by atoms with E-state index in [-0.39, 0.29) is 28.6 Å². The highest BCUT2D eigenvalue weighted by Crippen LogP contribution is 2.60. The maximum Gasteiger partial charge on any atom is 0.307 e. The zero-order chi connectivity index (χ0) is 27.9. The zero-order valence-corrected chi connectivity index (χ0v) is 23.3. The van der Waals surface area contributed by atoms with Crippen LogP contribution >= 0.6 is 0 Å². The molecule has 5 nitrogen and oxygen atoms in total. The Labute approximate surface area is 229 Å². The number of halogens is 1. The molecular weight excluding hydrogens is 495 g/mol. The molecule has 206 valence electrons. The molecule has 2 aliphatic carbocycles. The second-order valence-electron chi connectivity index (χ2n) is 11.9. The van der Waals surface area contributed by atoms with Gasteiger partial charge in [-0.05, 0) is 83.2 Å². The number of aliphatic carboxylic acids is 1. The van der Waals surface area contributed by atoms with Crippen LogP contribution in [-0.2, 0) is 28.0 Å². The predicted molar refractivity (Wildman–Crippen MR) is 149 cm³/mol. The number of hydrogen-bond acceptors (Lipinski definition) is 4. The molecule has 0 bridgehead atoms. The maximum absolute atomic E-state index is 15.3. The first-order valence-corrected chi connectivity index (χ1v) is 13.6. The molecule has 39 heavy (non-hydrogen) atoms. The number of carboxylic acid groups (broad SMARTS) is 1. The summed E-state index contributed by atoms with van der Waals surface area (Å²) in [6.07, 6.45) is 3.33. The van der Waals surface area contributed by atoms with E-state index in [2.05, 4.69) is 26.8 Å². The third-order valence-electron chi connectivity index (χ3n) is 8.36. The molecule has 1 saturated carbocycles. The van der Waals surface area contributed by atoms with Crippen molar-refractivity contribution in [2.45, 2.75) is 64.6 Å². The number of carboxylic acids is 1. The standard InChI is InChI=1S/C33H37FO5/c1-32(2,3)30(38-5)25-16-20(11-14-23(25)24-9-6-10-28(37-4)29(24)34)19-39-22-13-12-21-8-7-15-33(26(21)17-22)18-27(33)31(35)36/h6,9-14,16-17,27,30H,7-8,15,18-19H2,1-5H3,(H,35,36). The molecule has 1 spiro atoms. The van der Waals surface area contributed by atoms with Gasteiger partial charge in [0.25, 0.3) is 0 Å². The summed E-state index contributed by atoms with van der Waals surface area (Å²) in [7, 11) is 3.14. The molecule has 0 heterocycles. The number of ether oxygens (including phenoxy) is 3. The first kappa shape index (κ1) is 27.2. The molecule has 3 aromatic carbocycles. The lowest BCUT2D eigenvalue weighted by molar-refractivity contribution is -0.139. The van der Waals surface area contributed by atoms with E-state index in [4.69, 9.17) is 14.2 Å². The molecule has 3 unspecified atom stereocenters. The van der Waals surface area contributed by atoms with Crippen LogP contribution in [-0.4, -0.2) is 25.3 Å². The average molecular weight is 533 g/mol. The molecule has 1 N–H and O–H groups in total. The first-order valence-electron chi connectivity index (χ1n) is 13.6. The van der Waals surface area contributed by atoms with Gasteiger partial charge in [0.1, 0.15) is 12.4 Å². The lowest BCUT2D eigenvalue weighted by Crippen LogP contribution is -2.21. The van der Waals surface area contributed by atoms with E-state index in [0.717, 1.165) is 47.3 Å². The summed E-state index contributed by atoms with van der Waals surface area (Å²) >= 11 is 0. The Morgan fingerprint density at radius 1 is 1.10 bits per heavy atom. The fraction of sp³-hybridized carbons (Fsp3) is 0.424. The van der Waals surface area contributed by atoms with Crippen LogP contribution in [0.4, 0.5) is 4.39 Å². The summed E-state index contributed by atoms with van der Waals surface area (Å²) in [6.45, 7) is 6.62. The molecule has 1 fully saturated rings. The monoisotopic (exact) mass is 532 g/mol. The number of carbonyl (C=O) groups is 1. The fourth-order valence-electron chi connectivity index (χ4n) is 6.41. The Bertz CT molecular complexity index is 1390. The van der Waals surface area contributed by atoms with E-state index < -0.39 is 11.8 Å². The van der Waals surface area contributed by atoms with Crippen molar-refractivity contribution < 1.29 is 28.5 Å². The largest absolute Gasteiger partial charge is 0.494 e. The van der Waals surface area contributed by atoms with Gasteiger partial charge in [0.2, 0.25) is 0 Å².